The van der Waals surface area contributed by atoms with Crippen LogP contribution in [-0.2, 0) is 7.05 Å². The molecule has 0 radical (unpaired) electrons. The van der Waals surface area contributed by atoms with Gasteiger partial charge < -0.3 is 15.1 Å². The number of piperidine rings is 1. The van der Waals surface area contributed by atoms with Gasteiger partial charge in [0.2, 0.25) is 0 Å². The molecule has 1 fully saturated rings. The summed E-state index contributed by atoms with van der Waals surface area (Å²) in [6.45, 7) is 6.05. The number of aromatic nitrogens is 3. The smallest absolute Gasteiger partial charge is 0.252 e. The van der Waals surface area contributed by atoms with E-state index >= 15 is 0 Å². The molecule has 0 unspecified atom stereocenters. The Morgan fingerprint density at radius 1 is 1.11 bits per heavy atom. The Morgan fingerprint density at radius 2 is 1.86 bits per heavy atom. The van der Waals surface area contributed by atoms with Crippen LogP contribution in [0.1, 0.15) is 47.3 Å². The van der Waals surface area contributed by atoms with Crippen molar-refractivity contribution in [3.63, 3.8) is 0 Å². The van der Waals surface area contributed by atoms with Crippen molar-refractivity contribution in [1.82, 2.24) is 25.0 Å². The van der Waals surface area contributed by atoms with E-state index in [9.17, 15) is 4.79 Å². The van der Waals surface area contributed by atoms with Crippen molar-refractivity contribution < 1.29 is 4.79 Å². The number of carbonyl (C=O) groups excluding carboxylic acids is 1. The lowest BCUT2D eigenvalue weighted by atomic mass is 9.99. The van der Waals surface area contributed by atoms with Crippen LogP contribution in [0.3, 0.4) is 0 Å². The van der Waals surface area contributed by atoms with Gasteiger partial charge in [0, 0.05) is 54.6 Å². The van der Waals surface area contributed by atoms with Crippen LogP contribution in [0.15, 0.2) is 60.9 Å². The Kier molecular flexibility index (Phi) is 6.98. The van der Waals surface area contributed by atoms with Crippen molar-refractivity contribution in [2.24, 2.45) is 7.05 Å². The van der Waals surface area contributed by atoms with Gasteiger partial charge in [-0.05, 0) is 76.2 Å². The molecule has 5 rings (SSSR count). The maximum Gasteiger partial charge on any atom is 0.252 e. The number of hydrogen-bond acceptors (Lipinski definition) is 5. The first kappa shape index (κ1) is 25.0. The van der Waals surface area contributed by atoms with E-state index in [1.54, 1.807) is 4.68 Å². The number of carbonyl (C=O) groups is 1. The summed E-state index contributed by atoms with van der Waals surface area (Å²) in [6, 6.07) is 16.8. The quantitative estimate of drug-likeness (QED) is 0.409. The third-order valence-corrected chi connectivity index (χ3v) is 7.59. The molecule has 1 saturated heterocycles. The number of rotatable bonds is 6. The first-order valence-corrected chi connectivity index (χ1v) is 13.0. The van der Waals surface area contributed by atoms with Gasteiger partial charge in [-0.3, -0.25) is 9.48 Å². The minimum absolute atomic E-state index is 0.0566. The molecule has 192 valence electrons. The molecule has 7 heteroatoms. The van der Waals surface area contributed by atoms with Gasteiger partial charge in [-0.15, -0.1) is 0 Å². The van der Waals surface area contributed by atoms with E-state index in [0.717, 1.165) is 70.5 Å². The topological polar surface area (TPSA) is 66.3 Å². The molecule has 0 spiro atoms. The summed E-state index contributed by atoms with van der Waals surface area (Å²) < 4.78 is 1.77. The maximum atomic E-state index is 13.6. The molecule has 1 aliphatic heterocycles. The number of hydrogen-bond donors (Lipinski definition) is 1. The Hall–Kier alpha value is -3.71. The van der Waals surface area contributed by atoms with Crippen molar-refractivity contribution >= 4 is 22.5 Å². The summed E-state index contributed by atoms with van der Waals surface area (Å²) in [5.74, 6) is -0.0566. The average molecular weight is 497 g/mol. The molecular weight excluding hydrogens is 460 g/mol. The number of fused-ring (bicyclic) bond motifs is 1. The molecule has 7 nitrogen and oxygen atoms in total. The average Bonchev–Trinajstić information content (AvgIpc) is 3.34. The minimum Gasteiger partial charge on any atom is -0.371 e. The Bertz CT molecular complexity index is 1420. The van der Waals surface area contributed by atoms with E-state index in [1.807, 2.05) is 51.5 Å². The molecule has 3 heterocycles. The lowest BCUT2D eigenvalue weighted by Crippen LogP contribution is -2.42. The summed E-state index contributed by atoms with van der Waals surface area (Å²) in [4.78, 5) is 23.1. The van der Waals surface area contributed by atoms with Gasteiger partial charge in [0.25, 0.3) is 5.91 Å². The van der Waals surface area contributed by atoms with Crippen molar-refractivity contribution in [3.8, 4) is 11.3 Å². The van der Waals surface area contributed by atoms with Crippen LogP contribution < -0.4 is 10.2 Å². The largest absolute Gasteiger partial charge is 0.371 e. The van der Waals surface area contributed by atoms with Gasteiger partial charge in [-0.1, -0.05) is 24.3 Å². The number of anilines is 1. The van der Waals surface area contributed by atoms with Crippen LogP contribution in [0, 0.1) is 6.92 Å². The van der Waals surface area contributed by atoms with Gasteiger partial charge in [0.05, 0.1) is 23.4 Å². The highest BCUT2D eigenvalue weighted by molar-refractivity contribution is 5.97. The van der Waals surface area contributed by atoms with Crippen LogP contribution >= 0.6 is 0 Å². The lowest BCUT2D eigenvalue weighted by molar-refractivity contribution is 0.0939. The third kappa shape index (κ3) is 5.23. The summed E-state index contributed by atoms with van der Waals surface area (Å²) in [7, 11) is 6.21. The molecule has 2 aromatic carbocycles. The van der Waals surface area contributed by atoms with Gasteiger partial charge in [0.15, 0.2) is 0 Å². The normalized spacial score (nSPS) is 15.4. The minimum atomic E-state index is -0.199. The molecule has 1 N–H and O–H groups in total. The fourth-order valence-corrected chi connectivity index (χ4v) is 5.31. The number of para-hydroxylation sites is 1. The lowest BCUT2D eigenvalue weighted by Gasteiger charge is -2.36. The molecular formula is C30H36N6O. The zero-order chi connectivity index (χ0) is 26.1. The molecule has 0 aliphatic carbocycles. The second kappa shape index (κ2) is 10.3. The van der Waals surface area contributed by atoms with E-state index in [4.69, 9.17) is 4.98 Å². The predicted molar refractivity (Wildman–Crippen MR) is 150 cm³/mol. The van der Waals surface area contributed by atoms with Crippen LogP contribution in [0.4, 0.5) is 5.69 Å². The number of nitrogens with zero attached hydrogens (tertiary/aromatic N) is 5. The SMILES string of the molecule is Cc1ccc(N2CCC(N(C)C)CC2)cc1C(=O)N[C@H](C)c1cc(-c2cnn(C)c2)nc2ccccc12. The number of nitrogens with one attached hydrogen (secondary N) is 1. The maximum absolute atomic E-state index is 13.6. The Labute approximate surface area is 219 Å². The van der Waals surface area contributed by atoms with Crippen LogP contribution in [0.25, 0.3) is 22.2 Å². The van der Waals surface area contributed by atoms with Crippen molar-refractivity contribution in [2.45, 2.75) is 38.8 Å². The van der Waals surface area contributed by atoms with E-state index in [1.165, 1.54) is 0 Å². The molecule has 1 amide bonds. The third-order valence-electron chi connectivity index (χ3n) is 7.59. The molecule has 37 heavy (non-hydrogen) atoms. The summed E-state index contributed by atoms with van der Waals surface area (Å²) in [6.07, 6.45) is 6.04. The van der Waals surface area contributed by atoms with Gasteiger partial charge in [-0.25, -0.2) is 4.98 Å². The van der Waals surface area contributed by atoms with Gasteiger partial charge in [0.1, 0.15) is 0 Å². The number of benzene rings is 2. The van der Waals surface area contributed by atoms with E-state index < -0.39 is 0 Å². The van der Waals surface area contributed by atoms with E-state index in [2.05, 4.69) is 64.6 Å². The van der Waals surface area contributed by atoms with Crippen LogP contribution in [-0.4, -0.2) is 58.8 Å². The van der Waals surface area contributed by atoms with E-state index in [0.29, 0.717) is 6.04 Å². The molecule has 0 bridgehead atoms. The highest BCUT2D eigenvalue weighted by Gasteiger charge is 2.23. The zero-order valence-corrected chi connectivity index (χ0v) is 22.4. The van der Waals surface area contributed by atoms with Crippen molar-refractivity contribution in [2.75, 3.05) is 32.1 Å². The summed E-state index contributed by atoms with van der Waals surface area (Å²) in [5.41, 5.74) is 6.57. The molecule has 2 aromatic heterocycles. The first-order chi connectivity index (χ1) is 17.8. The fraction of sp³-hybridized carbons (Fsp3) is 0.367. The molecule has 1 atom stereocenters. The highest BCUT2D eigenvalue weighted by Crippen LogP contribution is 2.29. The summed E-state index contributed by atoms with van der Waals surface area (Å²) >= 11 is 0. The highest BCUT2D eigenvalue weighted by atomic mass is 16.1. The number of aryl methyl sites for hydroxylation is 2. The molecule has 0 saturated carbocycles. The number of pyridine rings is 1. The van der Waals surface area contributed by atoms with Crippen LogP contribution in [0.2, 0.25) is 0 Å². The van der Waals surface area contributed by atoms with Crippen molar-refractivity contribution in [3.05, 3.63) is 77.6 Å². The second-order valence-corrected chi connectivity index (χ2v) is 10.4. The molecule has 1 aliphatic rings. The number of amides is 1. The fourth-order valence-electron chi connectivity index (χ4n) is 5.31. The monoisotopic (exact) mass is 496 g/mol. The van der Waals surface area contributed by atoms with E-state index in [-0.39, 0.29) is 11.9 Å². The zero-order valence-electron chi connectivity index (χ0n) is 22.4. The van der Waals surface area contributed by atoms with Gasteiger partial charge in [-0.2, -0.15) is 5.10 Å². The second-order valence-electron chi connectivity index (χ2n) is 10.4. The first-order valence-electron chi connectivity index (χ1n) is 13.0. The predicted octanol–water partition coefficient (Wildman–Crippen LogP) is 4.97. The standard InChI is InChI=1S/C30H36N6O/c1-20-10-11-24(36-14-12-23(13-15-36)34(3)4)16-26(20)30(37)32-21(2)27-17-29(22-18-31-35(5)19-22)33-28-9-7-6-8-25(27)28/h6-11,16-19,21,23H,12-15H2,1-5H3,(H,32,37)/t21-/m1/s1. The van der Waals surface area contributed by atoms with Crippen LogP contribution in [0.5, 0.6) is 0 Å². The molecule has 4 aromatic rings. The Balaban J connectivity index is 1.40. The summed E-state index contributed by atoms with van der Waals surface area (Å²) in [5, 5.41) is 8.61. The van der Waals surface area contributed by atoms with Crippen molar-refractivity contribution in [1.29, 1.82) is 0 Å². The Morgan fingerprint density at radius 3 is 2.57 bits per heavy atom. The van der Waals surface area contributed by atoms with Gasteiger partial charge >= 0.3 is 0 Å².